The number of fused-ring (bicyclic) bond motifs is 1. The molecule has 1 amide bonds. The van der Waals surface area contributed by atoms with Crippen LogP contribution in [0.3, 0.4) is 0 Å². The molecule has 0 saturated carbocycles. The van der Waals surface area contributed by atoms with Crippen LogP contribution in [0.1, 0.15) is 38.7 Å². The minimum Gasteiger partial charge on any atom is -0.462 e. The standard InChI is InChI=1S/C30H40N4O5.ClH/c1-22(2)28(32)30(36)39-17-16-38-15-14-37-13-10-33-29(35)26(21-31)19-23-6-7-25-20-27(9-8-24(25)18-23)34-11-4-3-5-12-34;/h6-9,18-20,22,28H,3-5,10-17,32H2,1-2H3,(H,33,35);1H/b26-19+;/t28-;/m0./s1. The molecule has 0 aromatic heterocycles. The molecule has 2 aromatic rings. The molecule has 0 aliphatic carbocycles. The fourth-order valence-corrected chi connectivity index (χ4v) is 4.23. The Morgan fingerprint density at radius 2 is 1.65 bits per heavy atom. The van der Waals surface area contributed by atoms with Crippen LogP contribution in [0.25, 0.3) is 16.8 Å². The van der Waals surface area contributed by atoms with Gasteiger partial charge in [-0.2, -0.15) is 5.26 Å². The Balaban J connectivity index is 0.00000560. The lowest BCUT2D eigenvalue weighted by molar-refractivity contribution is -0.148. The molecule has 3 rings (SSSR count). The van der Waals surface area contributed by atoms with Gasteiger partial charge in [0.25, 0.3) is 5.91 Å². The number of nitrogens with two attached hydrogens (primary N) is 1. The Bertz CT molecular complexity index is 1170. The van der Waals surface area contributed by atoms with Gasteiger partial charge in [0.1, 0.15) is 24.3 Å². The van der Waals surface area contributed by atoms with E-state index in [2.05, 4.69) is 28.4 Å². The number of halogens is 1. The summed E-state index contributed by atoms with van der Waals surface area (Å²) in [5.74, 6) is -0.864. The van der Waals surface area contributed by atoms with Crippen LogP contribution in [0.4, 0.5) is 5.69 Å². The molecule has 1 saturated heterocycles. The maximum absolute atomic E-state index is 12.5. The van der Waals surface area contributed by atoms with E-state index in [4.69, 9.17) is 19.9 Å². The number of carbonyl (C=O) groups excluding carboxylic acids is 2. The van der Waals surface area contributed by atoms with Crippen molar-refractivity contribution in [2.45, 2.75) is 39.2 Å². The molecule has 1 heterocycles. The van der Waals surface area contributed by atoms with Gasteiger partial charge in [-0.05, 0) is 65.8 Å². The summed E-state index contributed by atoms with van der Waals surface area (Å²) in [6, 6.07) is 13.7. The van der Waals surface area contributed by atoms with Crippen LogP contribution in [-0.2, 0) is 23.8 Å². The van der Waals surface area contributed by atoms with Gasteiger partial charge in [0.2, 0.25) is 0 Å². The van der Waals surface area contributed by atoms with Gasteiger partial charge in [-0.1, -0.05) is 32.0 Å². The smallest absolute Gasteiger partial charge is 0.323 e. The number of nitrogens with one attached hydrogen (secondary N) is 1. The van der Waals surface area contributed by atoms with Crippen LogP contribution in [0, 0.1) is 17.2 Å². The third-order valence-corrected chi connectivity index (χ3v) is 6.61. The summed E-state index contributed by atoms with van der Waals surface area (Å²) in [7, 11) is 0. The maximum atomic E-state index is 12.5. The predicted octanol–water partition coefficient (Wildman–Crippen LogP) is 3.83. The first-order valence-electron chi connectivity index (χ1n) is 13.7. The van der Waals surface area contributed by atoms with Gasteiger partial charge in [0.15, 0.2) is 0 Å². The van der Waals surface area contributed by atoms with Crippen LogP contribution in [0.2, 0.25) is 0 Å². The largest absolute Gasteiger partial charge is 0.462 e. The molecule has 1 fully saturated rings. The lowest BCUT2D eigenvalue weighted by atomic mass is 10.0. The van der Waals surface area contributed by atoms with Gasteiger partial charge in [0.05, 0.1) is 26.4 Å². The van der Waals surface area contributed by atoms with Crippen molar-refractivity contribution in [1.82, 2.24) is 5.32 Å². The summed E-state index contributed by atoms with van der Waals surface area (Å²) >= 11 is 0. The van der Waals surface area contributed by atoms with Gasteiger partial charge < -0.3 is 30.2 Å². The van der Waals surface area contributed by atoms with E-state index in [1.165, 1.54) is 24.9 Å². The fourth-order valence-electron chi connectivity index (χ4n) is 4.23. The number of amides is 1. The number of nitriles is 1. The van der Waals surface area contributed by atoms with E-state index < -0.39 is 17.9 Å². The molecule has 9 nitrogen and oxygen atoms in total. The van der Waals surface area contributed by atoms with Crippen molar-refractivity contribution < 1.29 is 23.8 Å². The topological polar surface area (TPSA) is 127 Å². The number of nitrogens with zero attached hydrogens (tertiary/aromatic N) is 2. The van der Waals surface area contributed by atoms with Gasteiger partial charge in [-0.25, -0.2) is 0 Å². The first-order chi connectivity index (χ1) is 18.9. The van der Waals surface area contributed by atoms with Crippen LogP contribution in [0.5, 0.6) is 0 Å². The van der Waals surface area contributed by atoms with Crippen molar-refractivity contribution in [3.05, 3.63) is 47.5 Å². The van der Waals surface area contributed by atoms with E-state index in [-0.39, 0.29) is 50.3 Å². The molecule has 218 valence electrons. The zero-order chi connectivity index (χ0) is 28.0. The molecule has 1 aliphatic rings. The first kappa shape index (κ1) is 33.0. The second-order valence-electron chi connectivity index (χ2n) is 9.93. The number of benzene rings is 2. The van der Waals surface area contributed by atoms with Crippen molar-refractivity contribution in [1.29, 1.82) is 5.26 Å². The Morgan fingerprint density at radius 1 is 1.00 bits per heavy atom. The van der Waals surface area contributed by atoms with Crippen molar-refractivity contribution in [3.63, 3.8) is 0 Å². The Morgan fingerprint density at radius 3 is 2.35 bits per heavy atom. The van der Waals surface area contributed by atoms with Crippen molar-refractivity contribution in [2.24, 2.45) is 11.7 Å². The minimum atomic E-state index is -0.634. The molecule has 1 aliphatic heterocycles. The molecular weight excluding hydrogens is 532 g/mol. The number of anilines is 1. The van der Waals surface area contributed by atoms with E-state index in [9.17, 15) is 14.9 Å². The van der Waals surface area contributed by atoms with Gasteiger partial charge in [-0.15, -0.1) is 12.4 Å². The highest BCUT2D eigenvalue weighted by Gasteiger charge is 2.18. The van der Waals surface area contributed by atoms with Crippen molar-refractivity contribution in [3.8, 4) is 6.07 Å². The molecule has 0 bridgehead atoms. The van der Waals surface area contributed by atoms with Crippen molar-refractivity contribution in [2.75, 3.05) is 57.6 Å². The average Bonchev–Trinajstić information content (AvgIpc) is 2.96. The summed E-state index contributed by atoms with van der Waals surface area (Å²) in [5.41, 5.74) is 7.79. The lowest BCUT2D eigenvalue weighted by Gasteiger charge is -2.29. The van der Waals surface area contributed by atoms with Gasteiger partial charge in [-0.3, -0.25) is 9.59 Å². The third kappa shape index (κ3) is 10.4. The van der Waals surface area contributed by atoms with Gasteiger partial charge in [0, 0.05) is 25.3 Å². The predicted molar refractivity (Wildman–Crippen MR) is 159 cm³/mol. The van der Waals surface area contributed by atoms with E-state index in [0.717, 1.165) is 29.4 Å². The van der Waals surface area contributed by atoms with Crippen molar-refractivity contribution >= 4 is 46.8 Å². The molecule has 40 heavy (non-hydrogen) atoms. The van der Waals surface area contributed by atoms with E-state index in [1.54, 1.807) is 6.08 Å². The lowest BCUT2D eigenvalue weighted by Crippen LogP contribution is -2.37. The summed E-state index contributed by atoms with van der Waals surface area (Å²) in [6.45, 7) is 7.49. The zero-order valence-corrected chi connectivity index (χ0v) is 24.2. The molecule has 0 spiro atoms. The Hall–Kier alpha value is -3.16. The number of esters is 1. The van der Waals surface area contributed by atoms with E-state index in [1.807, 2.05) is 38.1 Å². The number of hydrogen-bond acceptors (Lipinski definition) is 8. The molecule has 10 heteroatoms. The molecule has 0 radical (unpaired) electrons. The first-order valence-corrected chi connectivity index (χ1v) is 13.7. The number of rotatable bonds is 14. The monoisotopic (exact) mass is 572 g/mol. The zero-order valence-electron chi connectivity index (χ0n) is 23.4. The summed E-state index contributed by atoms with van der Waals surface area (Å²) in [6.07, 6.45) is 5.36. The highest BCUT2D eigenvalue weighted by atomic mass is 35.5. The second kappa shape index (κ2) is 17.5. The SMILES string of the molecule is CC(C)[C@H](N)C(=O)OCCOCCOCCNC(=O)/C(C#N)=C/c1ccc2cc(N3CCCCC3)ccc2c1.Cl. The number of piperidine rings is 1. The second-order valence-corrected chi connectivity index (χ2v) is 9.93. The molecule has 1 atom stereocenters. The number of hydrogen-bond donors (Lipinski definition) is 2. The average molecular weight is 573 g/mol. The van der Waals surface area contributed by atoms with Crippen LogP contribution < -0.4 is 16.0 Å². The number of ether oxygens (including phenoxy) is 3. The fraction of sp³-hybridized carbons (Fsp3) is 0.500. The van der Waals surface area contributed by atoms with Gasteiger partial charge >= 0.3 is 5.97 Å². The normalized spacial score (nSPS) is 14.4. The van der Waals surface area contributed by atoms with Crippen LogP contribution in [0.15, 0.2) is 42.0 Å². The molecule has 0 unspecified atom stereocenters. The quantitative estimate of drug-likeness (QED) is 0.151. The summed E-state index contributed by atoms with van der Waals surface area (Å²) in [4.78, 5) is 26.5. The Labute approximate surface area is 243 Å². The third-order valence-electron chi connectivity index (χ3n) is 6.61. The van der Waals surface area contributed by atoms with Crippen LogP contribution in [-0.4, -0.2) is 70.6 Å². The van der Waals surface area contributed by atoms with Crippen LogP contribution >= 0.6 is 12.4 Å². The Kier molecular flexibility index (Phi) is 14.5. The molecular formula is C30H41ClN4O5. The highest BCUT2D eigenvalue weighted by molar-refractivity contribution is 6.02. The minimum absolute atomic E-state index is 0. The van der Waals surface area contributed by atoms with E-state index in [0.29, 0.717) is 13.2 Å². The summed E-state index contributed by atoms with van der Waals surface area (Å²) < 4.78 is 15.8. The molecule has 2 aromatic carbocycles. The molecule has 3 N–H and O–H groups in total. The highest BCUT2D eigenvalue weighted by Crippen LogP contribution is 2.26. The summed E-state index contributed by atoms with van der Waals surface area (Å²) in [5, 5.41) is 14.4. The van der Waals surface area contributed by atoms with E-state index >= 15 is 0 Å². The maximum Gasteiger partial charge on any atom is 0.323 e. The number of carbonyl (C=O) groups is 2.